The Hall–Kier alpha value is -0.690. The van der Waals surface area contributed by atoms with E-state index in [2.05, 4.69) is 27.7 Å². The van der Waals surface area contributed by atoms with Gasteiger partial charge in [0.1, 0.15) is 5.60 Å². The monoisotopic (exact) mass is 522 g/mol. The number of rotatable bonds is 6. The number of ether oxygens (including phenoxy) is 2. The molecule has 0 bridgehead atoms. The standard InChI is InChI=1S/C31H54O6/c1-25(2,33)22-13-17-29(7)23(27(22,5)15-14-24(32)36-9)11-10-20-21(12-16-28(20,29)6)30(8)18-19-31(35,37-30)26(3,4)34/h20-23,33-35H,10-19H2,1-9H3. The summed E-state index contributed by atoms with van der Waals surface area (Å²) in [5.74, 6) is -0.349. The fraction of sp³-hybridized carbons (Fsp3) is 0.968. The Bertz CT molecular complexity index is 889. The van der Waals surface area contributed by atoms with Gasteiger partial charge in [0.15, 0.2) is 5.79 Å². The van der Waals surface area contributed by atoms with Gasteiger partial charge in [-0.25, -0.2) is 0 Å². The Balaban J connectivity index is 1.66. The highest BCUT2D eigenvalue weighted by molar-refractivity contribution is 5.69. The van der Waals surface area contributed by atoms with Crippen LogP contribution in [0.4, 0.5) is 0 Å². The molecule has 0 aromatic heterocycles. The lowest BCUT2D eigenvalue weighted by Gasteiger charge is -2.67. The number of methoxy groups -OCH3 is 1. The molecule has 6 nitrogen and oxygen atoms in total. The Kier molecular flexibility index (Phi) is 7.05. The molecule has 6 heteroatoms. The molecule has 9 unspecified atom stereocenters. The molecule has 0 spiro atoms. The number of fused-ring (bicyclic) bond motifs is 3. The minimum Gasteiger partial charge on any atom is -0.469 e. The van der Waals surface area contributed by atoms with Crippen molar-refractivity contribution in [2.45, 2.75) is 142 Å². The normalized spacial score (nSPS) is 48.4. The van der Waals surface area contributed by atoms with Crippen LogP contribution >= 0.6 is 0 Å². The summed E-state index contributed by atoms with van der Waals surface area (Å²) in [5.41, 5.74) is -2.56. The Morgan fingerprint density at radius 2 is 1.51 bits per heavy atom. The van der Waals surface area contributed by atoms with Gasteiger partial charge in [0.05, 0.1) is 18.3 Å². The number of carbonyl (C=O) groups is 1. The topological polar surface area (TPSA) is 96.2 Å². The number of hydrogen-bond acceptors (Lipinski definition) is 6. The van der Waals surface area contributed by atoms with Crippen molar-refractivity contribution in [2.24, 2.45) is 39.9 Å². The summed E-state index contributed by atoms with van der Waals surface area (Å²) < 4.78 is 11.5. The predicted molar refractivity (Wildman–Crippen MR) is 144 cm³/mol. The van der Waals surface area contributed by atoms with Crippen LogP contribution < -0.4 is 0 Å². The molecule has 9 atom stereocenters. The molecule has 1 heterocycles. The van der Waals surface area contributed by atoms with Crippen LogP contribution in [0.1, 0.15) is 120 Å². The highest BCUT2D eigenvalue weighted by Crippen LogP contribution is 2.74. The van der Waals surface area contributed by atoms with E-state index < -0.39 is 22.6 Å². The van der Waals surface area contributed by atoms with Gasteiger partial charge < -0.3 is 24.8 Å². The van der Waals surface area contributed by atoms with Gasteiger partial charge >= 0.3 is 5.97 Å². The van der Waals surface area contributed by atoms with Gasteiger partial charge in [-0.15, -0.1) is 0 Å². The van der Waals surface area contributed by atoms with E-state index in [1.807, 2.05) is 13.8 Å². The summed E-state index contributed by atoms with van der Waals surface area (Å²) in [5, 5.41) is 33.1. The first-order valence-electron chi connectivity index (χ1n) is 14.7. The molecule has 3 aliphatic carbocycles. The summed E-state index contributed by atoms with van der Waals surface area (Å²) in [6, 6.07) is 0. The zero-order chi connectivity index (χ0) is 27.9. The molecule has 1 saturated heterocycles. The van der Waals surface area contributed by atoms with Crippen molar-refractivity contribution >= 4 is 5.97 Å². The van der Waals surface area contributed by atoms with E-state index in [9.17, 15) is 20.1 Å². The fourth-order valence-electron chi connectivity index (χ4n) is 10.4. The molecule has 0 radical (unpaired) electrons. The van der Waals surface area contributed by atoms with Gasteiger partial charge in [-0.3, -0.25) is 4.79 Å². The van der Waals surface area contributed by atoms with Gasteiger partial charge in [-0.1, -0.05) is 20.8 Å². The maximum absolute atomic E-state index is 12.3. The van der Waals surface area contributed by atoms with E-state index in [0.717, 1.165) is 51.4 Å². The molecule has 1 aliphatic heterocycles. The Morgan fingerprint density at radius 3 is 2.05 bits per heavy atom. The average molecular weight is 523 g/mol. The summed E-state index contributed by atoms with van der Waals surface area (Å²) in [7, 11) is 1.46. The summed E-state index contributed by atoms with van der Waals surface area (Å²) in [6.45, 7) is 16.6. The maximum Gasteiger partial charge on any atom is 0.305 e. The fourth-order valence-corrected chi connectivity index (χ4v) is 10.4. The molecule has 0 aromatic rings. The smallest absolute Gasteiger partial charge is 0.305 e. The van der Waals surface area contributed by atoms with E-state index in [1.54, 1.807) is 13.8 Å². The van der Waals surface area contributed by atoms with Gasteiger partial charge in [-0.05, 0) is 126 Å². The molecular weight excluding hydrogens is 468 g/mol. The second-order valence-electron chi connectivity index (χ2n) is 15.3. The van der Waals surface area contributed by atoms with Gasteiger partial charge in [0.2, 0.25) is 0 Å². The van der Waals surface area contributed by atoms with Crippen LogP contribution in [-0.2, 0) is 14.3 Å². The van der Waals surface area contributed by atoms with Crippen molar-refractivity contribution in [1.29, 1.82) is 0 Å². The third-order valence-electron chi connectivity index (χ3n) is 12.7. The lowest BCUT2D eigenvalue weighted by atomic mass is 9.37. The molecule has 4 fully saturated rings. The van der Waals surface area contributed by atoms with Crippen molar-refractivity contribution in [3.8, 4) is 0 Å². The van der Waals surface area contributed by atoms with Gasteiger partial charge in [0.25, 0.3) is 0 Å². The Labute approximate surface area is 224 Å². The average Bonchev–Trinajstić information content (AvgIpc) is 3.30. The minimum absolute atomic E-state index is 0.0821. The lowest BCUT2D eigenvalue weighted by molar-refractivity contribution is -0.306. The van der Waals surface area contributed by atoms with E-state index >= 15 is 0 Å². The van der Waals surface area contributed by atoms with Gasteiger partial charge in [0, 0.05) is 12.8 Å². The third-order valence-corrected chi connectivity index (χ3v) is 12.7. The number of hydrogen-bond donors (Lipinski definition) is 3. The van der Waals surface area contributed by atoms with E-state index in [0.29, 0.717) is 30.6 Å². The SMILES string of the molecule is COC(=O)CCC1(C)C(C(C)(C)O)CCC2(C)C1CCC1C(C3(C)CCC(O)(C(C)(C)O)O3)CCC12C. The molecule has 3 N–H and O–H groups in total. The van der Waals surface area contributed by atoms with E-state index in [-0.39, 0.29) is 28.1 Å². The molecule has 214 valence electrons. The van der Waals surface area contributed by atoms with Crippen molar-refractivity contribution < 1.29 is 29.6 Å². The maximum atomic E-state index is 12.3. The molecule has 3 saturated carbocycles. The molecule has 4 aliphatic rings. The number of aliphatic hydroxyl groups is 3. The molecule has 4 rings (SSSR count). The number of carbonyl (C=O) groups excluding carboxylic acids is 1. The van der Waals surface area contributed by atoms with Crippen LogP contribution in [0.25, 0.3) is 0 Å². The van der Waals surface area contributed by atoms with Crippen LogP contribution in [0, 0.1) is 39.9 Å². The van der Waals surface area contributed by atoms with Crippen LogP contribution in [0.2, 0.25) is 0 Å². The lowest BCUT2D eigenvalue weighted by Crippen LogP contribution is -2.62. The predicted octanol–water partition coefficient (Wildman–Crippen LogP) is 5.60. The van der Waals surface area contributed by atoms with Crippen molar-refractivity contribution in [3.05, 3.63) is 0 Å². The molecule has 0 aromatic carbocycles. The minimum atomic E-state index is -1.51. The zero-order valence-electron chi connectivity index (χ0n) is 24.9. The first kappa shape index (κ1) is 29.3. The van der Waals surface area contributed by atoms with Crippen molar-refractivity contribution in [2.75, 3.05) is 7.11 Å². The van der Waals surface area contributed by atoms with Crippen molar-refractivity contribution in [1.82, 2.24) is 0 Å². The van der Waals surface area contributed by atoms with Crippen LogP contribution in [0.15, 0.2) is 0 Å². The molecular formula is C31H54O6. The highest BCUT2D eigenvalue weighted by Gasteiger charge is 2.69. The third kappa shape index (κ3) is 4.31. The van der Waals surface area contributed by atoms with Gasteiger partial charge in [-0.2, -0.15) is 0 Å². The second-order valence-corrected chi connectivity index (χ2v) is 15.3. The summed E-state index contributed by atoms with van der Waals surface area (Å²) in [4.78, 5) is 12.3. The van der Waals surface area contributed by atoms with Crippen molar-refractivity contribution in [3.63, 3.8) is 0 Å². The number of esters is 1. The van der Waals surface area contributed by atoms with Crippen LogP contribution in [0.3, 0.4) is 0 Å². The second kappa shape index (κ2) is 8.91. The quantitative estimate of drug-likeness (QED) is 0.393. The van der Waals surface area contributed by atoms with E-state index in [1.165, 1.54) is 7.11 Å². The Morgan fingerprint density at radius 1 is 0.892 bits per heavy atom. The first-order chi connectivity index (χ1) is 16.8. The molecule has 37 heavy (non-hydrogen) atoms. The summed E-state index contributed by atoms with van der Waals surface area (Å²) >= 11 is 0. The van der Waals surface area contributed by atoms with E-state index in [4.69, 9.17) is 9.47 Å². The van der Waals surface area contributed by atoms with Crippen LogP contribution in [0.5, 0.6) is 0 Å². The molecule has 0 amide bonds. The zero-order valence-corrected chi connectivity index (χ0v) is 24.9. The highest BCUT2D eigenvalue weighted by atomic mass is 16.7. The largest absolute Gasteiger partial charge is 0.469 e. The first-order valence-corrected chi connectivity index (χ1v) is 14.7. The summed E-state index contributed by atoms with van der Waals surface area (Å²) in [6.07, 6.45) is 8.70. The van der Waals surface area contributed by atoms with Crippen LogP contribution in [-0.4, -0.2) is 51.0 Å².